The first-order valence-corrected chi connectivity index (χ1v) is 9.62. The third-order valence-corrected chi connectivity index (χ3v) is 4.57. The number of anilines is 1. The van der Waals surface area contributed by atoms with E-state index < -0.39 is 11.8 Å². The number of benzene rings is 1. The molecule has 3 aromatic heterocycles. The molecule has 160 valence electrons. The van der Waals surface area contributed by atoms with Crippen molar-refractivity contribution in [1.29, 1.82) is 0 Å². The predicted molar refractivity (Wildman–Crippen MR) is 114 cm³/mol. The highest BCUT2D eigenvalue weighted by Crippen LogP contribution is 2.13. The van der Waals surface area contributed by atoms with Gasteiger partial charge in [0.1, 0.15) is 17.5 Å². The van der Waals surface area contributed by atoms with Gasteiger partial charge in [-0.05, 0) is 36.8 Å². The van der Waals surface area contributed by atoms with Crippen LogP contribution in [0.5, 0.6) is 0 Å². The van der Waals surface area contributed by atoms with Gasteiger partial charge in [-0.3, -0.25) is 14.2 Å². The largest absolute Gasteiger partial charge is 0.347 e. The van der Waals surface area contributed by atoms with E-state index in [4.69, 9.17) is 0 Å². The second kappa shape index (κ2) is 9.13. The van der Waals surface area contributed by atoms with Crippen molar-refractivity contribution in [2.24, 2.45) is 0 Å². The minimum absolute atomic E-state index is 0.120. The number of carbonyl (C=O) groups is 2. The number of amides is 2. The third kappa shape index (κ3) is 4.64. The molecular weight excluding hydrogens is 413 g/mol. The van der Waals surface area contributed by atoms with Crippen LogP contribution in [0.15, 0.2) is 67.4 Å². The smallest absolute Gasteiger partial charge is 0.276 e. The second-order valence-corrected chi connectivity index (χ2v) is 6.77. The highest BCUT2D eigenvalue weighted by Gasteiger charge is 2.20. The van der Waals surface area contributed by atoms with Crippen molar-refractivity contribution >= 4 is 17.5 Å². The van der Waals surface area contributed by atoms with Crippen molar-refractivity contribution in [3.05, 3.63) is 96.0 Å². The molecule has 10 heteroatoms. The number of hydrogen-bond donors (Lipinski definition) is 2. The zero-order chi connectivity index (χ0) is 22.5. The van der Waals surface area contributed by atoms with E-state index in [0.717, 1.165) is 5.82 Å². The standard InChI is InChI=1S/C22H18FN7O2/c1-14-24-10-11-30(14)18-7-6-17(13-27-18)29-22(32)20-19(25-8-9-26-20)21(31)28-12-15-2-4-16(23)5-3-15/h2-11,13H,12H2,1H3,(H,28,31)(H,29,32). The van der Waals surface area contributed by atoms with E-state index in [1.54, 1.807) is 41.2 Å². The van der Waals surface area contributed by atoms with Crippen LogP contribution in [0.4, 0.5) is 10.1 Å². The summed E-state index contributed by atoms with van der Waals surface area (Å²) in [4.78, 5) is 41.8. The molecule has 0 fully saturated rings. The van der Waals surface area contributed by atoms with Crippen LogP contribution in [-0.2, 0) is 6.54 Å². The van der Waals surface area contributed by atoms with Crippen LogP contribution in [-0.4, -0.2) is 36.3 Å². The SMILES string of the molecule is Cc1nccn1-c1ccc(NC(=O)c2nccnc2C(=O)NCc2ccc(F)cc2)cn1. The molecule has 0 saturated heterocycles. The lowest BCUT2D eigenvalue weighted by atomic mass is 10.2. The predicted octanol–water partition coefficient (Wildman–Crippen LogP) is 2.69. The summed E-state index contributed by atoms with van der Waals surface area (Å²) in [5, 5.41) is 5.33. The highest BCUT2D eigenvalue weighted by molar-refractivity contribution is 6.09. The Morgan fingerprint density at radius 2 is 1.62 bits per heavy atom. The molecule has 0 aliphatic heterocycles. The van der Waals surface area contributed by atoms with Crippen molar-refractivity contribution in [2.45, 2.75) is 13.5 Å². The summed E-state index contributed by atoms with van der Waals surface area (Å²) in [6.07, 6.45) is 7.61. The molecule has 0 radical (unpaired) electrons. The third-order valence-electron chi connectivity index (χ3n) is 4.57. The topological polar surface area (TPSA) is 115 Å². The molecule has 0 unspecified atom stereocenters. The Balaban J connectivity index is 1.45. The van der Waals surface area contributed by atoms with Crippen LogP contribution in [0.25, 0.3) is 5.82 Å². The molecule has 0 aliphatic rings. The summed E-state index contributed by atoms with van der Waals surface area (Å²) in [5.41, 5.74) is 0.887. The zero-order valence-corrected chi connectivity index (χ0v) is 17.0. The van der Waals surface area contributed by atoms with E-state index in [1.165, 1.54) is 30.7 Å². The number of aromatic nitrogens is 5. The summed E-state index contributed by atoms with van der Waals surface area (Å²) >= 11 is 0. The summed E-state index contributed by atoms with van der Waals surface area (Å²) in [5.74, 6) is -0.103. The minimum Gasteiger partial charge on any atom is -0.347 e. The molecule has 4 rings (SSSR count). The van der Waals surface area contributed by atoms with Crippen molar-refractivity contribution in [3.8, 4) is 5.82 Å². The molecule has 2 amide bonds. The fourth-order valence-corrected chi connectivity index (χ4v) is 2.95. The molecule has 0 aliphatic carbocycles. The minimum atomic E-state index is -0.599. The summed E-state index contributed by atoms with van der Waals surface area (Å²) in [7, 11) is 0. The van der Waals surface area contributed by atoms with Crippen LogP contribution < -0.4 is 10.6 Å². The molecule has 1 aromatic carbocycles. The molecule has 0 atom stereocenters. The number of nitrogens with zero attached hydrogens (tertiary/aromatic N) is 5. The monoisotopic (exact) mass is 431 g/mol. The Hall–Kier alpha value is -4.47. The quantitative estimate of drug-likeness (QED) is 0.485. The fraction of sp³-hybridized carbons (Fsp3) is 0.0909. The van der Waals surface area contributed by atoms with Gasteiger partial charge in [0.25, 0.3) is 11.8 Å². The van der Waals surface area contributed by atoms with Gasteiger partial charge < -0.3 is 10.6 Å². The number of aryl methyl sites for hydroxylation is 1. The molecule has 9 nitrogen and oxygen atoms in total. The van der Waals surface area contributed by atoms with Gasteiger partial charge in [-0.2, -0.15) is 0 Å². The van der Waals surface area contributed by atoms with Gasteiger partial charge in [-0.1, -0.05) is 12.1 Å². The highest BCUT2D eigenvalue weighted by atomic mass is 19.1. The summed E-state index contributed by atoms with van der Waals surface area (Å²) < 4.78 is 14.8. The number of carbonyl (C=O) groups excluding carboxylic acids is 2. The molecular formula is C22H18FN7O2. The fourth-order valence-electron chi connectivity index (χ4n) is 2.95. The van der Waals surface area contributed by atoms with Crippen LogP contribution in [0.3, 0.4) is 0 Å². The molecule has 32 heavy (non-hydrogen) atoms. The van der Waals surface area contributed by atoms with Crippen LogP contribution in [0.2, 0.25) is 0 Å². The molecule has 3 heterocycles. The molecule has 4 aromatic rings. The lowest BCUT2D eigenvalue weighted by molar-refractivity contribution is 0.0931. The number of hydrogen-bond acceptors (Lipinski definition) is 6. The van der Waals surface area contributed by atoms with Crippen molar-refractivity contribution < 1.29 is 14.0 Å². The van der Waals surface area contributed by atoms with E-state index in [2.05, 4.69) is 30.6 Å². The Labute approximate surface area is 182 Å². The normalized spacial score (nSPS) is 10.6. The lowest BCUT2D eigenvalue weighted by Crippen LogP contribution is -2.28. The maximum atomic E-state index is 13.0. The van der Waals surface area contributed by atoms with E-state index in [0.29, 0.717) is 17.1 Å². The van der Waals surface area contributed by atoms with Gasteiger partial charge in [0.2, 0.25) is 0 Å². The molecule has 0 saturated carbocycles. The van der Waals surface area contributed by atoms with Crippen LogP contribution in [0, 0.1) is 12.7 Å². The van der Waals surface area contributed by atoms with Crippen molar-refractivity contribution in [3.63, 3.8) is 0 Å². The Kier molecular flexibility index (Phi) is 5.93. The van der Waals surface area contributed by atoms with Crippen molar-refractivity contribution in [1.82, 2.24) is 29.8 Å². The lowest BCUT2D eigenvalue weighted by Gasteiger charge is -2.10. The van der Waals surface area contributed by atoms with Gasteiger partial charge in [0.05, 0.1) is 11.9 Å². The first kappa shape index (κ1) is 20.8. The first-order chi connectivity index (χ1) is 15.5. The first-order valence-electron chi connectivity index (χ1n) is 9.62. The van der Waals surface area contributed by atoms with Gasteiger partial charge in [-0.15, -0.1) is 0 Å². The average molecular weight is 431 g/mol. The molecule has 0 bridgehead atoms. The maximum absolute atomic E-state index is 13.0. The summed E-state index contributed by atoms with van der Waals surface area (Å²) in [6.45, 7) is 2.00. The number of rotatable bonds is 6. The number of pyridine rings is 1. The maximum Gasteiger partial charge on any atom is 0.276 e. The Morgan fingerprint density at radius 3 is 2.25 bits per heavy atom. The van der Waals surface area contributed by atoms with Gasteiger partial charge in [0, 0.05) is 31.3 Å². The van der Waals surface area contributed by atoms with E-state index in [1.807, 2.05) is 6.92 Å². The number of imidazole rings is 1. The van der Waals surface area contributed by atoms with Gasteiger partial charge in [0.15, 0.2) is 11.4 Å². The van der Waals surface area contributed by atoms with E-state index in [-0.39, 0.29) is 23.7 Å². The van der Waals surface area contributed by atoms with Crippen LogP contribution >= 0.6 is 0 Å². The molecule has 0 spiro atoms. The molecule has 2 N–H and O–H groups in total. The van der Waals surface area contributed by atoms with Gasteiger partial charge >= 0.3 is 0 Å². The van der Waals surface area contributed by atoms with E-state index in [9.17, 15) is 14.0 Å². The van der Waals surface area contributed by atoms with Crippen LogP contribution in [0.1, 0.15) is 32.4 Å². The Bertz CT molecular complexity index is 1250. The number of halogens is 1. The average Bonchev–Trinajstić information content (AvgIpc) is 3.25. The Morgan fingerprint density at radius 1 is 0.906 bits per heavy atom. The van der Waals surface area contributed by atoms with E-state index >= 15 is 0 Å². The van der Waals surface area contributed by atoms with Crippen molar-refractivity contribution in [2.75, 3.05) is 5.32 Å². The number of nitrogens with one attached hydrogen (secondary N) is 2. The zero-order valence-electron chi connectivity index (χ0n) is 17.0. The summed E-state index contributed by atoms with van der Waals surface area (Å²) in [6, 6.07) is 9.14. The van der Waals surface area contributed by atoms with Gasteiger partial charge in [-0.25, -0.2) is 24.3 Å². The second-order valence-electron chi connectivity index (χ2n) is 6.77.